The van der Waals surface area contributed by atoms with Gasteiger partial charge in [-0.05, 0) is 39.5 Å². The van der Waals surface area contributed by atoms with Gasteiger partial charge in [0.1, 0.15) is 0 Å². The molecule has 1 amide bonds. The monoisotopic (exact) mass is 303 g/mol. The van der Waals surface area contributed by atoms with Gasteiger partial charge in [0.25, 0.3) is 0 Å². The molecule has 1 saturated heterocycles. The van der Waals surface area contributed by atoms with E-state index in [1.165, 1.54) is 0 Å². The minimum Gasteiger partial charge on any atom is -0.353 e. The Hall–Kier alpha value is -0.320. The summed E-state index contributed by atoms with van der Waals surface area (Å²) in [6, 6.07) is 0.966. The number of nitrogens with zero attached hydrogens (tertiary/aromatic N) is 1. The molecular formula is C15H30ClN3O. The number of amides is 1. The first-order valence-electron chi connectivity index (χ1n) is 7.82. The molecule has 4 nitrogen and oxygen atoms in total. The summed E-state index contributed by atoms with van der Waals surface area (Å²) in [4.78, 5) is 15.0. The van der Waals surface area contributed by atoms with E-state index in [9.17, 15) is 4.79 Å². The standard InChI is InChI=1S/C15H29N3O.ClH/c1-12(2)18-9-5-13(6-10-18)17-14(19)15(11-16)7-3-4-8-15;/h12-13H,3-11,16H2,1-2H3,(H,17,19);1H. The van der Waals surface area contributed by atoms with Crippen molar-refractivity contribution in [3.05, 3.63) is 0 Å². The molecule has 118 valence electrons. The molecule has 0 atom stereocenters. The lowest BCUT2D eigenvalue weighted by molar-refractivity contribution is -0.131. The molecule has 2 rings (SSSR count). The van der Waals surface area contributed by atoms with E-state index in [0.29, 0.717) is 18.6 Å². The molecule has 1 aliphatic carbocycles. The predicted octanol–water partition coefficient (Wildman–Crippen LogP) is 1.92. The third-order valence-corrected chi connectivity index (χ3v) is 5.03. The highest BCUT2D eigenvalue weighted by atomic mass is 35.5. The Kier molecular flexibility index (Phi) is 6.76. The Balaban J connectivity index is 0.00000200. The summed E-state index contributed by atoms with van der Waals surface area (Å²) in [5.41, 5.74) is 5.61. The SMILES string of the molecule is CC(C)N1CCC(NC(=O)C2(CN)CCCC2)CC1.Cl. The van der Waals surface area contributed by atoms with Crippen molar-refractivity contribution in [1.29, 1.82) is 0 Å². The first-order valence-corrected chi connectivity index (χ1v) is 7.82. The molecule has 5 heteroatoms. The lowest BCUT2D eigenvalue weighted by Gasteiger charge is -2.36. The van der Waals surface area contributed by atoms with Gasteiger partial charge < -0.3 is 16.0 Å². The summed E-state index contributed by atoms with van der Waals surface area (Å²) in [5.74, 6) is 0.218. The van der Waals surface area contributed by atoms with Crippen LogP contribution >= 0.6 is 12.4 Å². The van der Waals surface area contributed by atoms with Crippen molar-refractivity contribution in [2.75, 3.05) is 19.6 Å². The lowest BCUT2D eigenvalue weighted by Crippen LogP contribution is -2.51. The van der Waals surface area contributed by atoms with E-state index in [4.69, 9.17) is 5.73 Å². The molecule has 0 aromatic heterocycles. The van der Waals surface area contributed by atoms with Crippen LogP contribution in [0.2, 0.25) is 0 Å². The number of nitrogens with two attached hydrogens (primary N) is 1. The molecule has 0 aromatic rings. The smallest absolute Gasteiger partial charge is 0.227 e. The number of nitrogens with one attached hydrogen (secondary N) is 1. The van der Waals surface area contributed by atoms with E-state index in [0.717, 1.165) is 51.6 Å². The van der Waals surface area contributed by atoms with Gasteiger partial charge in [0.05, 0.1) is 5.41 Å². The molecule has 1 aliphatic heterocycles. The van der Waals surface area contributed by atoms with E-state index in [-0.39, 0.29) is 23.7 Å². The normalized spacial score (nSPS) is 23.6. The Morgan fingerprint density at radius 2 is 1.85 bits per heavy atom. The van der Waals surface area contributed by atoms with Crippen LogP contribution in [0.3, 0.4) is 0 Å². The average Bonchev–Trinajstić information content (AvgIpc) is 2.89. The number of carbonyl (C=O) groups is 1. The van der Waals surface area contributed by atoms with E-state index < -0.39 is 0 Å². The van der Waals surface area contributed by atoms with Crippen LogP contribution in [0.5, 0.6) is 0 Å². The van der Waals surface area contributed by atoms with Gasteiger partial charge in [0.15, 0.2) is 0 Å². The van der Waals surface area contributed by atoms with E-state index >= 15 is 0 Å². The number of piperidine rings is 1. The third kappa shape index (κ3) is 3.86. The van der Waals surface area contributed by atoms with Crippen molar-refractivity contribution in [1.82, 2.24) is 10.2 Å². The Morgan fingerprint density at radius 1 is 1.30 bits per heavy atom. The maximum atomic E-state index is 12.5. The molecule has 1 heterocycles. The third-order valence-electron chi connectivity index (χ3n) is 5.03. The van der Waals surface area contributed by atoms with Crippen LogP contribution in [-0.4, -0.2) is 42.5 Å². The zero-order chi connectivity index (χ0) is 13.9. The number of halogens is 1. The molecule has 0 radical (unpaired) electrons. The van der Waals surface area contributed by atoms with Crippen molar-refractivity contribution < 1.29 is 4.79 Å². The van der Waals surface area contributed by atoms with Gasteiger partial charge in [0, 0.05) is 31.7 Å². The van der Waals surface area contributed by atoms with Gasteiger partial charge in [-0.25, -0.2) is 0 Å². The quantitative estimate of drug-likeness (QED) is 0.834. The van der Waals surface area contributed by atoms with Crippen LogP contribution in [0.25, 0.3) is 0 Å². The largest absolute Gasteiger partial charge is 0.353 e. The fourth-order valence-corrected chi connectivity index (χ4v) is 3.47. The maximum Gasteiger partial charge on any atom is 0.227 e. The fourth-order valence-electron chi connectivity index (χ4n) is 3.47. The molecule has 20 heavy (non-hydrogen) atoms. The minimum atomic E-state index is -0.255. The van der Waals surface area contributed by atoms with Crippen molar-refractivity contribution in [3.63, 3.8) is 0 Å². The van der Waals surface area contributed by atoms with Gasteiger partial charge >= 0.3 is 0 Å². The second-order valence-corrected chi connectivity index (χ2v) is 6.57. The van der Waals surface area contributed by atoms with Crippen LogP contribution in [0.4, 0.5) is 0 Å². The Morgan fingerprint density at radius 3 is 2.30 bits per heavy atom. The van der Waals surface area contributed by atoms with Crippen molar-refractivity contribution in [2.24, 2.45) is 11.1 Å². The summed E-state index contributed by atoms with van der Waals surface area (Å²) in [7, 11) is 0. The zero-order valence-corrected chi connectivity index (χ0v) is 13.7. The predicted molar refractivity (Wildman–Crippen MR) is 85.1 cm³/mol. The number of hydrogen-bond donors (Lipinski definition) is 2. The first-order chi connectivity index (χ1) is 9.07. The molecule has 2 fully saturated rings. The van der Waals surface area contributed by atoms with Crippen LogP contribution < -0.4 is 11.1 Å². The number of carbonyl (C=O) groups excluding carboxylic acids is 1. The number of rotatable bonds is 4. The Bertz CT molecular complexity index is 308. The zero-order valence-electron chi connectivity index (χ0n) is 12.9. The number of hydrogen-bond acceptors (Lipinski definition) is 3. The van der Waals surface area contributed by atoms with Gasteiger partial charge in [-0.1, -0.05) is 12.8 Å². The molecule has 1 saturated carbocycles. The van der Waals surface area contributed by atoms with Crippen molar-refractivity contribution >= 4 is 18.3 Å². The van der Waals surface area contributed by atoms with Gasteiger partial charge in [-0.15, -0.1) is 12.4 Å². The lowest BCUT2D eigenvalue weighted by atomic mass is 9.84. The topological polar surface area (TPSA) is 58.4 Å². The van der Waals surface area contributed by atoms with Crippen molar-refractivity contribution in [3.8, 4) is 0 Å². The second-order valence-electron chi connectivity index (χ2n) is 6.57. The van der Waals surface area contributed by atoms with Crippen molar-refractivity contribution in [2.45, 2.75) is 64.5 Å². The maximum absolute atomic E-state index is 12.5. The summed E-state index contributed by atoms with van der Waals surface area (Å²) < 4.78 is 0. The van der Waals surface area contributed by atoms with E-state index in [2.05, 4.69) is 24.1 Å². The molecule has 2 aliphatic rings. The Labute approximate surface area is 129 Å². The van der Waals surface area contributed by atoms with E-state index in [1.54, 1.807) is 0 Å². The van der Waals surface area contributed by atoms with Gasteiger partial charge in [0.2, 0.25) is 5.91 Å². The molecule has 0 spiro atoms. The highest BCUT2D eigenvalue weighted by Gasteiger charge is 2.40. The van der Waals surface area contributed by atoms with Gasteiger partial charge in [-0.3, -0.25) is 4.79 Å². The molecule has 0 unspecified atom stereocenters. The summed E-state index contributed by atoms with van der Waals surface area (Å²) in [6.45, 7) is 7.17. The number of likely N-dealkylation sites (tertiary alicyclic amines) is 1. The summed E-state index contributed by atoms with van der Waals surface area (Å²) in [5, 5.41) is 3.27. The van der Waals surface area contributed by atoms with Crippen LogP contribution in [0.15, 0.2) is 0 Å². The van der Waals surface area contributed by atoms with Crippen LogP contribution in [0.1, 0.15) is 52.4 Å². The molecule has 3 N–H and O–H groups in total. The van der Waals surface area contributed by atoms with E-state index in [1.807, 2.05) is 0 Å². The first kappa shape index (κ1) is 17.7. The molecule has 0 aromatic carbocycles. The fraction of sp³-hybridized carbons (Fsp3) is 0.933. The highest BCUT2D eigenvalue weighted by molar-refractivity contribution is 5.85. The summed E-state index contributed by atoms with van der Waals surface area (Å²) >= 11 is 0. The average molecular weight is 304 g/mol. The van der Waals surface area contributed by atoms with Crippen LogP contribution in [0, 0.1) is 5.41 Å². The highest BCUT2D eigenvalue weighted by Crippen LogP contribution is 2.37. The summed E-state index contributed by atoms with van der Waals surface area (Å²) in [6.07, 6.45) is 6.39. The minimum absolute atomic E-state index is 0. The van der Waals surface area contributed by atoms with Gasteiger partial charge in [-0.2, -0.15) is 0 Å². The van der Waals surface area contributed by atoms with Crippen LogP contribution in [-0.2, 0) is 4.79 Å². The molecular weight excluding hydrogens is 274 g/mol. The molecule has 0 bridgehead atoms. The second kappa shape index (κ2) is 7.62.